The zero-order valence-corrected chi connectivity index (χ0v) is 20.0. The molecule has 0 aliphatic carbocycles. The average molecular weight is 443 g/mol. The average Bonchev–Trinajstić information content (AvgIpc) is 2.83. The third kappa shape index (κ3) is 10.1. The molecule has 2 atom stereocenters. The molecule has 0 amide bonds. The van der Waals surface area contributed by atoms with Crippen molar-refractivity contribution < 1.29 is 19.7 Å². The molecule has 4 nitrogen and oxygen atoms in total. The van der Waals surface area contributed by atoms with Gasteiger partial charge in [0.05, 0.1) is 25.4 Å². The molecule has 0 aliphatic heterocycles. The molecule has 0 radical (unpaired) electrons. The van der Waals surface area contributed by atoms with E-state index < -0.39 is 12.2 Å². The van der Waals surface area contributed by atoms with Crippen molar-refractivity contribution in [1.82, 2.24) is 0 Å². The summed E-state index contributed by atoms with van der Waals surface area (Å²) < 4.78 is 11.5. The van der Waals surface area contributed by atoms with Crippen LogP contribution in [0.25, 0.3) is 0 Å². The van der Waals surface area contributed by atoms with Gasteiger partial charge >= 0.3 is 0 Å². The normalized spacial score (nSPS) is 13.0. The number of ether oxygens (including phenoxy) is 2. The fourth-order valence-corrected chi connectivity index (χ4v) is 3.67. The van der Waals surface area contributed by atoms with Crippen LogP contribution < -0.4 is 9.47 Å². The van der Waals surface area contributed by atoms with E-state index in [4.69, 9.17) is 9.47 Å². The van der Waals surface area contributed by atoms with Gasteiger partial charge in [0.2, 0.25) is 0 Å². The molecule has 2 aromatic rings. The molecule has 0 fully saturated rings. The van der Waals surface area contributed by atoms with Crippen LogP contribution in [0.1, 0.15) is 101 Å². The molecule has 0 saturated carbocycles. The van der Waals surface area contributed by atoms with Gasteiger partial charge in [0.1, 0.15) is 11.5 Å². The zero-order chi connectivity index (χ0) is 23.0. The van der Waals surface area contributed by atoms with Crippen LogP contribution in [0.2, 0.25) is 0 Å². The van der Waals surface area contributed by atoms with Gasteiger partial charge in [-0.2, -0.15) is 0 Å². The van der Waals surface area contributed by atoms with Crippen molar-refractivity contribution in [3.8, 4) is 11.5 Å². The summed E-state index contributed by atoms with van der Waals surface area (Å²) in [6.45, 7) is 5.85. The Hall–Kier alpha value is -2.04. The zero-order valence-electron chi connectivity index (χ0n) is 20.0. The first-order valence-corrected chi connectivity index (χ1v) is 12.5. The first kappa shape index (κ1) is 26.2. The van der Waals surface area contributed by atoms with Gasteiger partial charge in [-0.05, 0) is 61.1 Å². The van der Waals surface area contributed by atoms with Crippen LogP contribution in [0.4, 0.5) is 0 Å². The predicted octanol–water partition coefficient (Wildman–Crippen LogP) is 7.15. The Kier molecular flexibility index (Phi) is 12.9. The van der Waals surface area contributed by atoms with E-state index in [-0.39, 0.29) is 0 Å². The number of unbranched alkanes of at least 4 members (excludes halogenated alkanes) is 5. The Labute approximate surface area is 194 Å². The Bertz CT molecular complexity index is 648. The van der Waals surface area contributed by atoms with E-state index in [1.54, 1.807) is 0 Å². The molecule has 0 saturated heterocycles. The van der Waals surface area contributed by atoms with Gasteiger partial charge in [0.15, 0.2) is 0 Å². The topological polar surface area (TPSA) is 58.9 Å². The van der Waals surface area contributed by atoms with Crippen molar-refractivity contribution in [1.29, 1.82) is 0 Å². The lowest BCUT2D eigenvalue weighted by atomic mass is 9.99. The Morgan fingerprint density at radius 2 is 0.938 bits per heavy atom. The van der Waals surface area contributed by atoms with Gasteiger partial charge in [0, 0.05) is 0 Å². The fourth-order valence-electron chi connectivity index (χ4n) is 3.67. The van der Waals surface area contributed by atoms with E-state index in [2.05, 4.69) is 13.8 Å². The minimum atomic E-state index is -0.481. The molecule has 4 heteroatoms. The summed E-state index contributed by atoms with van der Waals surface area (Å²) in [4.78, 5) is 0. The van der Waals surface area contributed by atoms with Gasteiger partial charge in [-0.15, -0.1) is 0 Å². The Balaban J connectivity index is 1.64. The smallest absolute Gasteiger partial charge is 0.119 e. The maximum absolute atomic E-state index is 10.5. The van der Waals surface area contributed by atoms with Crippen molar-refractivity contribution in [3.05, 3.63) is 59.7 Å². The number of aliphatic hydroxyl groups is 2. The molecule has 2 aromatic carbocycles. The second-order valence-electron chi connectivity index (χ2n) is 8.57. The molecule has 32 heavy (non-hydrogen) atoms. The summed E-state index contributed by atoms with van der Waals surface area (Å²) >= 11 is 0. The molecule has 178 valence electrons. The number of hydrogen-bond donors (Lipinski definition) is 2. The van der Waals surface area contributed by atoms with Crippen molar-refractivity contribution in [2.75, 3.05) is 13.2 Å². The first-order chi connectivity index (χ1) is 15.6. The number of hydrogen-bond acceptors (Lipinski definition) is 4. The summed E-state index contributed by atoms with van der Waals surface area (Å²) in [6, 6.07) is 15.5. The lowest BCUT2D eigenvalue weighted by Gasteiger charge is -2.14. The van der Waals surface area contributed by atoms with Crippen molar-refractivity contribution in [3.63, 3.8) is 0 Å². The molecule has 0 aliphatic rings. The summed E-state index contributed by atoms with van der Waals surface area (Å²) in [5, 5.41) is 20.9. The molecule has 0 aromatic heterocycles. The van der Waals surface area contributed by atoms with Crippen molar-refractivity contribution in [2.45, 2.75) is 90.3 Å². The van der Waals surface area contributed by atoms with Gasteiger partial charge in [0.25, 0.3) is 0 Å². The highest BCUT2D eigenvalue weighted by Crippen LogP contribution is 2.26. The van der Waals surface area contributed by atoms with Crippen LogP contribution >= 0.6 is 0 Å². The summed E-state index contributed by atoms with van der Waals surface area (Å²) in [6.07, 6.45) is 9.04. The molecule has 2 N–H and O–H groups in total. The summed E-state index contributed by atoms with van der Waals surface area (Å²) in [5.41, 5.74) is 1.84. The third-order valence-corrected chi connectivity index (χ3v) is 5.77. The highest BCUT2D eigenvalue weighted by molar-refractivity contribution is 5.29. The molecule has 0 bridgehead atoms. The van der Waals surface area contributed by atoms with Crippen LogP contribution in [0.15, 0.2) is 48.5 Å². The van der Waals surface area contributed by atoms with Crippen molar-refractivity contribution >= 4 is 0 Å². The Morgan fingerprint density at radius 1 is 0.562 bits per heavy atom. The van der Waals surface area contributed by atoms with Gasteiger partial charge in [-0.3, -0.25) is 0 Å². The van der Waals surface area contributed by atoms with Gasteiger partial charge < -0.3 is 19.7 Å². The maximum atomic E-state index is 10.5. The minimum Gasteiger partial charge on any atom is -0.494 e. The third-order valence-electron chi connectivity index (χ3n) is 5.77. The SMILES string of the molecule is CCCCCOc1ccc(C(O)CCCCC(O)c2ccc(OCCCCC)cc2)cc1. The summed E-state index contributed by atoms with van der Waals surface area (Å²) in [5.74, 6) is 1.72. The second kappa shape index (κ2) is 15.7. The van der Waals surface area contributed by atoms with Crippen LogP contribution in [0.3, 0.4) is 0 Å². The molecule has 2 rings (SSSR count). The van der Waals surface area contributed by atoms with Crippen molar-refractivity contribution in [2.24, 2.45) is 0 Å². The maximum Gasteiger partial charge on any atom is 0.119 e. The fraction of sp³-hybridized carbons (Fsp3) is 0.571. The van der Waals surface area contributed by atoms with Gasteiger partial charge in [-0.25, -0.2) is 0 Å². The molecule has 0 heterocycles. The lowest BCUT2D eigenvalue weighted by molar-refractivity contribution is 0.146. The monoisotopic (exact) mass is 442 g/mol. The standard InChI is InChI=1S/C28H42O4/c1-3-5-9-21-31-25-17-13-23(14-18-25)27(29)11-7-8-12-28(30)24-15-19-26(20-16-24)32-22-10-6-4-2/h13-20,27-30H,3-12,21-22H2,1-2H3. The van der Waals surface area contributed by atoms with E-state index >= 15 is 0 Å². The second-order valence-corrected chi connectivity index (χ2v) is 8.57. The molecular weight excluding hydrogens is 400 g/mol. The number of aliphatic hydroxyl groups excluding tert-OH is 2. The number of benzene rings is 2. The van der Waals surface area contributed by atoms with Crippen LogP contribution in [0.5, 0.6) is 11.5 Å². The largest absolute Gasteiger partial charge is 0.494 e. The minimum absolute atomic E-state index is 0.481. The van der Waals surface area contributed by atoms with Crippen LogP contribution in [-0.2, 0) is 0 Å². The summed E-state index contributed by atoms with van der Waals surface area (Å²) in [7, 11) is 0. The van der Waals surface area contributed by atoms with Crippen LogP contribution in [-0.4, -0.2) is 23.4 Å². The molecular formula is C28H42O4. The predicted molar refractivity (Wildman–Crippen MR) is 131 cm³/mol. The highest BCUT2D eigenvalue weighted by Gasteiger charge is 2.11. The highest BCUT2D eigenvalue weighted by atomic mass is 16.5. The van der Waals surface area contributed by atoms with Gasteiger partial charge in [-0.1, -0.05) is 76.6 Å². The van der Waals surface area contributed by atoms with Crippen LogP contribution in [0, 0.1) is 0 Å². The van der Waals surface area contributed by atoms with E-state index in [1.165, 1.54) is 25.7 Å². The quantitative estimate of drug-likeness (QED) is 0.255. The van der Waals surface area contributed by atoms with E-state index in [9.17, 15) is 10.2 Å². The number of rotatable bonds is 17. The van der Waals surface area contributed by atoms with E-state index in [0.29, 0.717) is 12.8 Å². The van der Waals surface area contributed by atoms with E-state index in [0.717, 1.165) is 61.5 Å². The van der Waals surface area contributed by atoms with E-state index in [1.807, 2.05) is 48.5 Å². The molecule has 2 unspecified atom stereocenters. The molecule has 0 spiro atoms. The first-order valence-electron chi connectivity index (χ1n) is 12.5. The Morgan fingerprint density at radius 3 is 1.28 bits per heavy atom. The lowest BCUT2D eigenvalue weighted by Crippen LogP contribution is -2.01.